The number of piperazine rings is 1. The van der Waals surface area contributed by atoms with Gasteiger partial charge in [0.2, 0.25) is 0 Å². The van der Waals surface area contributed by atoms with Gasteiger partial charge in [-0.1, -0.05) is 25.7 Å². The van der Waals surface area contributed by atoms with E-state index >= 15 is 0 Å². The molecule has 0 bridgehead atoms. The summed E-state index contributed by atoms with van der Waals surface area (Å²) in [6.45, 7) is 6.82. The Morgan fingerprint density at radius 3 is 2.29 bits per heavy atom. The molecule has 0 aromatic carbocycles. The van der Waals surface area contributed by atoms with Gasteiger partial charge < -0.3 is 9.64 Å². The van der Waals surface area contributed by atoms with Crippen LogP contribution in [-0.4, -0.2) is 61.6 Å². The molecule has 0 spiro atoms. The van der Waals surface area contributed by atoms with Crippen LogP contribution in [0.4, 0.5) is 0 Å². The van der Waals surface area contributed by atoms with E-state index in [0.717, 1.165) is 26.2 Å². The molecule has 122 valence electrons. The molecule has 0 N–H and O–H groups in total. The molecule has 1 atom stereocenters. The largest absolute Gasteiger partial charge is 0.466 e. The van der Waals surface area contributed by atoms with Crippen molar-refractivity contribution in [3.8, 4) is 0 Å². The molecule has 2 fully saturated rings. The van der Waals surface area contributed by atoms with Crippen molar-refractivity contribution < 1.29 is 9.53 Å². The average molecular weight is 296 g/mol. The number of rotatable bonds is 5. The molecule has 1 aliphatic carbocycles. The molecule has 0 radical (unpaired) electrons. The Morgan fingerprint density at radius 2 is 1.71 bits per heavy atom. The zero-order valence-corrected chi connectivity index (χ0v) is 13.9. The fourth-order valence-electron chi connectivity index (χ4n) is 3.83. The van der Waals surface area contributed by atoms with Crippen LogP contribution in [0.3, 0.4) is 0 Å². The Labute approximate surface area is 129 Å². The van der Waals surface area contributed by atoms with Gasteiger partial charge in [0.15, 0.2) is 0 Å². The Bertz CT molecular complexity index is 306. The quantitative estimate of drug-likeness (QED) is 0.576. The monoisotopic (exact) mass is 296 g/mol. The molecular formula is C17H32N2O2. The molecular weight excluding hydrogens is 264 g/mol. The Morgan fingerprint density at radius 1 is 1.10 bits per heavy atom. The van der Waals surface area contributed by atoms with Gasteiger partial charge in [-0.05, 0) is 32.7 Å². The Hall–Kier alpha value is -0.610. The van der Waals surface area contributed by atoms with E-state index in [1.54, 1.807) is 0 Å². The minimum atomic E-state index is -0.00863. The highest BCUT2D eigenvalue weighted by atomic mass is 16.5. The maximum atomic E-state index is 12.0. The number of carbonyl (C=O) groups excluding carboxylic acids is 1. The molecule has 1 saturated carbocycles. The zero-order chi connectivity index (χ0) is 15.1. The van der Waals surface area contributed by atoms with Gasteiger partial charge in [-0.25, -0.2) is 0 Å². The highest BCUT2D eigenvalue weighted by Crippen LogP contribution is 2.30. The van der Waals surface area contributed by atoms with Gasteiger partial charge >= 0.3 is 5.97 Å². The number of hydrogen-bond acceptors (Lipinski definition) is 4. The molecule has 21 heavy (non-hydrogen) atoms. The van der Waals surface area contributed by atoms with Crippen molar-refractivity contribution >= 4 is 5.97 Å². The summed E-state index contributed by atoms with van der Waals surface area (Å²) in [5.74, 6) is 0.672. The van der Waals surface area contributed by atoms with Crippen LogP contribution in [0.5, 0.6) is 0 Å². The fourth-order valence-corrected chi connectivity index (χ4v) is 3.83. The third kappa shape index (κ3) is 5.26. The summed E-state index contributed by atoms with van der Waals surface area (Å²) >= 11 is 0. The van der Waals surface area contributed by atoms with Crippen LogP contribution in [0.25, 0.3) is 0 Å². The molecule has 0 aromatic heterocycles. The second-order valence-electron chi connectivity index (χ2n) is 6.67. The van der Waals surface area contributed by atoms with Crippen LogP contribution in [0, 0.1) is 5.92 Å². The van der Waals surface area contributed by atoms with Crippen molar-refractivity contribution in [1.82, 2.24) is 9.80 Å². The van der Waals surface area contributed by atoms with Crippen LogP contribution in [-0.2, 0) is 9.53 Å². The average Bonchev–Trinajstić information content (AvgIpc) is 2.75. The topological polar surface area (TPSA) is 32.8 Å². The molecule has 0 aromatic rings. The van der Waals surface area contributed by atoms with Gasteiger partial charge in [-0.15, -0.1) is 0 Å². The van der Waals surface area contributed by atoms with Crippen LogP contribution in [0.2, 0.25) is 0 Å². The second kappa shape index (κ2) is 8.74. The lowest BCUT2D eigenvalue weighted by molar-refractivity contribution is -0.145. The lowest BCUT2D eigenvalue weighted by Gasteiger charge is -2.41. The second-order valence-corrected chi connectivity index (χ2v) is 6.67. The number of likely N-dealkylation sites (N-methyl/N-ethyl adjacent to an activating group) is 1. The summed E-state index contributed by atoms with van der Waals surface area (Å²) in [7, 11) is 2.18. The Balaban J connectivity index is 1.99. The lowest BCUT2D eigenvalue weighted by atomic mass is 9.88. The molecule has 1 unspecified atom stereocenters. The highest BCUT2D eigenvalue weighted by molar-refractivity contribution is 5.70. The highest BCUT2D eigenvalue weighted by Gasteiger charge is 2.31. The van der Waals surface area contributed by atoms with Gasteiger partial charge in [-0.2, -0.15) is 0 Å². The van der Waals surface area contributed by atoms with E-state index in [1.807, 2.05) is 6.92 Å². The number of esters is 1. The van der Waals surface area contributed by atoms with E-state index in [2.05, 4.69) is 16.8 Å². The normalized spacial score (nSPS) is 24.5. The van der Waals surface area contributed by atoms with E-state index in [0.29, 0.717) is 25.0 Å². The Kier molecular flexibility index (Phi) is 6.97. The first-order valence-electron chi connectivity index (χ1n) is 8.79. The summed E-state index contributed by atoms with van der Waals surface area (Å²) in [5, 5.41) is 0. The molecule has 1 heterocycles. The summed E-state index contributed by atoms with van der Waals surface area (Å²) in [4.78, 5) is 17.0. The van der Waals surface area contributed by atoms with E-state index in [1.165, 1.54) is 38.5 Å². The summed E-state index contributed by atoms with van der Waals surface area (Å²) < 4.78 is 5.23. The fraction of sp³-hybridized carbons (Fsp3) is 0.941. The number of hydrogen-bond donors (Lipinski definition) is 0. The summed E-state index contributed by atoms with van der Waals surface area (Å²) in [5.41, 5.74) is 0. The number of carbonyl (C=O) groups is 1. The molecule has 2 rings (SSSR count). The van der Waals surface area contributed by atoms with Gasteiger partial charge in [0.25, 0.3) is 0 Å². The van der Waals surface area contributed by atoms with Gasteiger partial charge in [0, 0.05) is 32.2 Å². The van der Waals surface area contributed by atoms with Crippen LogP contribution in [0.15, 0.2) is 0 Å². The first-order chi connectivity index (χ1) is 10.2. The van der Waals surface area contributed by atoms with Crippen molar-refractivity contribution in [3.63, 3.8) is 0 Å². The van der Waals surface area contributed by atoms with Crippen LogP contribution >= 0.6 is 0 Å². The van der Waals surface area contributed by atoms with Crippen molar-refractivity contribution in [2.75, 3.05) is 39.8 Å². The maximum absolute atomic E-state index is 12.0. The summed E-state index contributed by atoms with van der Waals surface area (Å²) in [6.07, 6.45) is 8.56. The molecule has 4 heteroatoms. The minimum Gasteiger partial charge on any atom is -0.466 e. The maximum Gasteiger partial charge on any atom is 0.307 e. The summed E-state index contributed by atoms with van der Waals surface area (Å²) in [6, 6.07) is 0.399. The van der Waals surface area contributed by atoms with E-state index < -0.39 is 0 Å². The van der Waals surface area contributed by atoms with E-state index in [9.17, 15) is 4.79 Å². The molecule has 1 saturated heterocycles. The molecule has 2 aliphatic rings. The third-order valence-corrected chi connectivity index (χ3v) is 5.13. The van der Waals surface area contributed by atoms with E-state index in [4.69, 9.17) is 4.74 Å². The predicted octanol–water partition coefficient (Wildman–Crippen LogP) is 2.53. The standard InChI is InChI=1S/C17H32N2O2/c1-3-21-17(20)14-16(15-8-6-4-5-7-9-15)19-12-10-18(2)11-13-19/h15-16H,3-14H2,1-2H3. The van der Waals surface area contributed by atoms with Gasteiger partial charge in [-0.3, -0.25) is 9.69 Å². The lowest BCUT2D eigenvalue weighted by Crippen LogP contribution is -2.52. The minimum absolute atomic E-state index is 0.00863. The van der Waals surface area contributed by atoms with Crippen molar-refractivity contribution in [1.29, 1.82) is 0 Å². The number of ether oxygens (including phenoxy) is 1. The smallest absolute Gasteiger partial charge is 0.307 e. The predicted molar refractivity (Wildman–Crippen MR) is 85.3 cm³/mol. The molecule has 0 amide bonds. The SMILES string of the molecule is CCOC(=O)CC(C1CCCCCC1)N1CCN(C)CC1. The first-order valence-corrected chi connectivity index (χ1v) is 8.79. The van der Waals surface area contributed by atoms with Crippen molar-refractivity contribution in [2.24, 2.45) is 5.92 Å². The van der Waals surface area contributed by atoms with Crippen molar-refractivity contribution in [3.05, 3.63) is 0 Å². The zero-order valence-electron chi connectivity index (χ0n) is 13.9. The van der Waals surface area contributed by atoms with Gasteiger partial charge in [0.05, 0.1) is 13.0 Å². The van der Waals surface area contributed by atoms with Crippen molar-refractivity contribution in [2.45, 2.75) is 57.9 Å². The molecule has 1 aliphatic heterocycles. The molecule has 4 nitrogen and oxygen atoms in total. The first kappa shape index (κ1) is 16.8. The van der Waals surface area contributed by atoms with E-state index in [-0.39, 0.29) is 5.97 Å². The van der Waals surface area contributed by atoms with Gasteiger partial charge in [0.1, 0.15) is 0 Å². The van der Waals surface area contributed by atoms with Crippen LogP contribution < -0.4 is 0 Å². The number of nitrogens with zero attached hydrogens (tertiary/aromatic N) is 2. The van der Waals surface area contributed by atoms with Crippen LogP contribution in [0.1, 0.15) is 51.9 Å². The third-order valence-electron chi connectivity index (χ3n) is 5.13.